The number of likely N-dealkylation sites (tertiary alicyclic amines) is 2. The van der Waals surface area contributed by atoms with Crippen LogP contribution in [-0.4, -0.2) is 104 Å². The van der Waals surface area contributed by atoms with Crippen LogP contribution >= 0.6 is 0 Å². The molecule has 1 atom stereocenters. The molecular weight excluding hydrogens is 484 g/mol. The Balaban J connectivity index is 1.40. The van der Waals surface area contributed by atoms with Gasteiger partial charge in [0.15, 0.2) is 11.5 Å². The summed E-state index contributed by atoms with van der Waals surface area (Å²) in [4.78, 5) is 27.4. The van der Waals surface area contributed by atoms with Gasteiger partial charge in [-0.3, -0.25) is 14.7 Å². The molecule has 1 aromatic carbocycles. The van der Waals surface area contributed by atoms with Crippen molar-refractivity contribution in [2.45, 2.75) is 51.0 Å². The molecule has 0 aromatic heterocycles. The minimum Gasteiger partial charge on any atom is -0.493 e. The smallest absolute Gasteiger partial charge is 0.302 e. The van der Waals surface area contributed by atoms with E-state index in [1.165, 1.54) is 19.8 Å². The molecule has 37 heavy (non-hydrogen) atoms. The van der Waals surface area contributed by atoms with Gasteiger partial charge >= 0.3 is 5.97 Å². The molecule has 0 amide bonds. The average Bonchev–Trinajstić information content (AvgIpc) is 3.55. The number of rotatable bonds is 8. The summed E-state index contributed by atoms with van der Waals surface area (Å²) >= 11 is 0. The molecule has 2 fully saturated rings. The first kappa shape index (κ1) is 25.7. The van der Waals surface area contributed by atoms with Crippen LogP contribution in [0.15, 0.2) is 22.1 Å². The number of carbonyl (C=O) groups excluding carboxylic acids is 1. The number of carbonyl (C=O) groups is 1. The van der Waals surface area contributed by atoms with Crippen molar-refractivity contribution in [1.29, 1.82) is 0 Å². The zero-order chi connectivity index (χ0) is 26.0. The topological polar surface area (TPSA) is 79.2 Å². The Morgan fingerprint density at radius 1 is 1.14 bits per heavy atom. The summed E-state index contributed by atoms with van der Waals surface area (Å²) in [5.41, 5.74) is 1.43. The number of guanidine groups is 1. The van der Waals surface area contributed by atoms with Gasteiger partial charge in [-0.2, -0.15) is 0 Å². The summed E-state index contributed by atoms with van der Waals surface area (Å²) in [5, 5.41) is 0. The number of halogens is 2. The highest BCUT2D eigenvalue weighted by Crippen LogP contribution is 2.40. The van der Waals surface area contributed by atoms with Crippen molar-refractivity contribution in [2.24, 2.45) is 9.98 Å². The van der Waals surface area contributed by atoms with E-state index in [9.17, 15) is 13.6 Å². The van der Waals surface area contributed by atoms with Crippen LogP contribution < -0.4 is 9.47 Å². The van der Waals surface area contributed by atoms with Crippen LogP contribution in [-0.2, 0) is 9.53 Å². The van der Waals surface area contributed by atoms with Gasteiger partial charge in [-0.05, 0) is 38.4 Å². The van der Waals surface area contributed by atoms with Gasteiger partial charge in [0.25, 0.3) is 5.92 Å². The van der Waals surface area contributed by atoms with Crippen molar-refractivity contribution < 1.29 is 27.8 Å². The minimum absolute atomic E-state index is 0.144. The molecule has 2 saturated heterocycles. The molecule has 5 rings (SSSR count). The third-order valence-electron chi connectivity index (χ3n) is 7.27. The van der Waals surface area contributed by atoms with Gasteiger partial charge in [-0.15, -0.1) is 0 Å². The lowest BCUT2D eigenvalue weighted by Gasteiger charge is -2.39. The molecule has 4 heterocycles. The number of ether oxygens (including phenoxy) is 3. The van der Waals surface area contributed by atoms with Crippen molar-refractivity contribution in [2.75, 3.05) is 59.6 Å². The average molecular weight is 520 g/mol. The fraction of sp³-hybridized carbons (Fsp3) is 0.654. The van der Waals surface area contributed by atoms with Crippen LogP contribution in [0.4, 0.5) is 14.5 Å². The number of alkyl halides is 2. The van der Waals surface area contributed by atoms with Gasteiger partial charge in [-0.1, -0.05) is 0 Å². The summed E-state index contributed by atoms with van der Waals surface area (Å²) in [7, 11) is 1.60. The second kappa shape index (κ2) is 10.8. The summed E-state index contributed by atoms with van der Waals surface area (Å²) < 4.78 is 44.7. The van der Waals surface area contributed by atoms with Gasteiger partial charge in [-0.25, -0.2) is 13.8 Å². The number of piperidine rings is 1. The van der Waals surface area contributed by atoms with Crippen molar-refractivity contribution >= 4 is 23.5 Å². The van der Waals surface area contributed by atoms with Crippen LogP contribution in [0.25, 0.3) is 0 Å². The molecule has 0 aliphatic carbocycles. The summed E-state index contributed by atoms with van der Waals surface area (Å²) in [6.07, 6.45) is 3.00. The van der Waals surface area contributed by atoms with E-state index in [0.29, 0.717) is 42.1 Å². The maximum atomic E-state index is 13.9. The van der Waals surface area contributed by atoms with E-state index in [0.717, 1.165) is 31.6 Å². The molecule has 0 saturated carbocycles. The third-order valence-corrected chi connectivity index (χ3v) is 7.27. The summed E-state index contributed by atoms with van der Waals surface area (Å²) in [5.74, 6) is -0.578. The monoisotopic (exact) mass is 519 g/mol. The van der Waals surface area contributed by atoms with E-state index in [1.807, 2.05) is 21.9 Å². The highest BCUT2D eigenvalue weighted by molar-refractivity contribution is 6.16. The van der Waals surface area contributed by atoms with E-state index < -0.39 is 5.92 Å². The number of aliphatic imine (C=N–C) groups is 2. The molecule has 0 N–H and O–H groups in total. The number of hydrogen-bond donors (Lipinski definition) is 0. The van der Waals surface area contributed by atoms with Crippen LogP contribution in [0.2, 0.25) is 0 Å². The van der Waals surface area contributed by atoms with Gasteiger partial charge < -0.3 is 24.0 Å². The third kappa shape index (κ3) is 5.81. The second-order valence-corrected chi connectivity index (χ2v) is 10.0. The second-order valence-electron chi connectivity index (χ2n) is 10.0. The Labute approximate surface area is 216 Å². The molecule has 4 aliphatic rings. The molecule has 0 spiro atoms. The van der Waals surface area contributed by atoms with E-state index >= 15 is 0 Å². The van der Waals surface area contributed by atoms with Crippen molar-refractivity contribution in [3.05, 3.63) is 17.7 Å². The number of methoxy groups -OCH3 is 1. The number of esters is 1. The van der Waals surface area contributed by atoms with Crippen LogP contribution in [0, 0.1) is 0 Å². The van der Waals surface area contributed by atoms with E-state index in [2.05, 4.69) is 4.90 Å². The predicted molar refractivity (Wildman–Crippen MR) is 135 cm³/mol. The molecule has 11 heteroatoms. The van der Waals surface area contributed by atoms with Gasteiger partial charge in [0.05, 0.1) is 25.9 Å². The standard InChI is InChI=1S/C26H35F2N5O4/c1-18(34)37-17-19-16-33-24(29-19)20-14-22(35-2)23(36-13-5-10-31-8-3-4-9-31)15-21(20)30-25(33)32-11-6-26(27,28)7-12-32/h14-15,19H,3-13,16-17H2,1-2H3. The molecule has 202 valence electrons. The molecule has 9 nitrogen and oxygen atoms in total. The van der Waals surface area contributed by atoms with Gasteiger partial charge in [0.2, 0.25) is 5.96 Å². The number of nitrogens with zero attached hydrogens (tertiary/aromatic N) is 5. The quantitative estimate of drug-likeness (QED) is 0.385. The summed E-state index contributed by atoms with van der Waals surface area (Å²) in [6.45, 7) is 6.23. The highest BCUT2D eigenvalue weighted by Gasteiger charge is 2.41. The number of fused-ring (bicyclic) bond motifs is 3. The first-order chi connectivity index (χ1) is 17.8. The van der Waals surface area contributed by atoms with Crippen molar-refractivity contribution in [3.63, 3.8) is 0 Å². The number of amidine groups is 1. The number of benzene rings is 1. The fourth-order valence-electron chi connectivity index (χ4n) is 5.29. The Morgan fingerprint density at radius 3 is 2.59 bits per heavy atom. The zero-order valence-corrected chi connectivity index (χ0v) is 21.5. The lowest BCUT2D eigenvalue weighted by molar-refractivity contribution is -0.141. The Hall–Kier alpha value is -2.95. The Bertz CT molecular complexity index is 1060. The van der Waals surface area contributed by atoms with Crippen molar-refractivity contribution in [3.8, 4) is 11.5 Å². The molecular formula is C26H35F2N5O4. The van der Waals surface area contributed by atoms with E-state index in [1.54, 1.807) is 7.11 Å². The van der Waals surface area contributed by atoms with E-state index in [4.69, 9.17) is 24.2 Å². The zero-order valence-electron chi connectivity index (χ0n) is 21.5. The summed E-state index contributed by atoms with van der Waals surface area (Å²) in [6, 6.07) is 3.44. The van der Waals surface area contributed by atoms with Crippen LogP contribution in [0.3, 0.4) is 0 Å². The molecule has 0 radical (unpaired) electrons. The molecule has 0 bridgehead atoms. The normalized spacial score (nSPS) is 22.8. The largest absolute Gasteiger partial charge is 0.493 e. The lowest BCUT2D eigenvalue weighted by Crippen LogP contribution is -2.52. The number of hydrogen-bond acceptors (Lipinski definition) is 9. The maximum absolute atomic E-state index is 13.9. The fourth-order valence-corrected chi connectivity index (χ4v) is 5.29. The van der Waals surface area contributed by atoms with E-state index in [-0.39, 0.29) is 44.5 Å². The van der Waals surface area contributed by atoms with Crippen molar-refractivity contribution in [1.82, 2.24) is 14.7 Å². The highest BCUT2D eigenvalue weighted by atomic mass is 19.3. The Kier molecular flexibility index (Phi) is 7.50. The molecule has 4 aliphatic heterocycles. The van der Waals surface area contributed by atoms with Crippen LogP contribution in [0.5, 0.6) is 11.5 Å². The molecule has 1 unspecified atom stereocenters. The first-order valence-electron chi connectivity index (χ1n) is 13.1. The van der Waals surface area contributed by atoms with Gasteiger partial charge in [0.1, 0.15) is 18.5 Å². The minimum atomic E-state index is -2.66. The van der Waals surface area contributed by atoms with Crippen LogP contribution in [0.1, 0.15) is 44.6 Å². The SMILES string of the molecule is COc1cc2c(cc1OCCCN1CCCC1)N=C(N1CCC(F)(F)CC1)N1CC(COC(C)=O)N=C21. The maximum Gasteiger partial charge on any atom is 0.302 e. The lowest BCUT2D eigenvalue weighted by atomic mass is 10.1. The Morgan fingerprint density at radius 2 is 1.89 bits per heavy atom. The van der Waals surface area contributed by atoms with Gasteiger partial charge in [0, 0.05) is 51.0 Å². The first-order valence-corrected chi connectivity index (χ1v) is 13.1. The molecule has 1 aromatic rings. The predicted octanol–water partition coefficient (Wildman–Crippen LogP) is 3.29.